The maximum atomic E-state index is 2.45. The Kier molecular flexibility index (Phi) is 2.26. The van der Waals surface area contributed by atoms with Gasteiger partial charge in [0.05, 0.1) is 0 Å². The Balaban J connectivity index is 2.45. The highest BCUT2D eigenvalue weighted by atomic mass is 14.3. The van der Waals surface area contributed by atoms with Gasteiger partial charge in [-0.3, -0.25) is 0 Å². The maximum absolute atomic E-state index is 2.45. The van der Waals surface area contributed by atoms with Crippen molar-refractivity contribution in [3.63, 3.8) is 0 Å². The molecular formula is C21H22. The van der Waals surface area contributed by atoms with Gasteiger partial charge in [-0.25, -0.2) is 0 Å². The van der Waals surface area contributed by atoms with E-state index in [1.54, 1.807) is 0 Å². The van der Waals surface area contributed by atoms with E-state index < -0.39 is 0 Å². The van der Waals surface area contributed by atoms with Crippen LogP contribution in [-0.4, -0.2) is 0 Å². The Morgan fingerprint density at radius 3 is 2.10 bits per heavy atom. The molecule has 0 spiro atoms. The van der Waals surface area contributed by atoms with Gasteiger partial charge in [-0.1, -0.05) is 75.7 Å². The Morgan fingerprint density at radius 1 is 0.714 bits per heavy atom. The SMILES string of the molecule is Cc1cc2c3c(c1)=CC(C)(C)c1cccc(c1=3)=CC2(C)C. The monoisotopic (exact) mass is 274 g/mol. The van der Waals surface area contributed by atoms with Crippen LogP contribution in [0.3, 0.4) is 0 Å². The molecule has 2 aromatic rings. The third-order valence-electron chi connectivity index (χ3n) is 5.08. The van der Waals surface area contributed by atoms with Gasteiger partial charge in [0.25, 0.3) is 0 Å². The second-order valence-electron chi connectivity index (χ2n) is 7.78. The van der Waals surface area contributed by atoms with Gasteiger partial charge in [-0.2, -0.15) is 0 Å². The van der Waals surface area contributed by atoms with E-state index in [0.29, 0.717) is 0 Å². The minimum atomic E-state index is 0.0943. The molecule has 4 rings (SSSR count). The van der Waals surface area contributed by atoms with E-state index in [4.69, 9.17) is 0 Å². The number of hydrogen-bond acceptors (Lipinski definition) is 0. The molecule has 0 heterocycles. The summed E-state index contributed by atoms with van der Waals surface area (Å²) in [4.78, 5) is 0. The molecule has 0 aliphatic heterocycles. The molecule has 2 aromatic carbocycles. The minimum absolute atomic E-state index is 0.0943. The first-order chi connectivity index (χ1) is 9.79. The fourth-order valence-corrected chi connectivity index (χ4v) is 4.15. The minimum Gasteiger partial charge on any atom is -0.0666 e. The number of aryl methyl sites for hydroxylation is 1. The van der Waals surface area contributed by atoms with E-state index in [9.17, 15) is 0 Å². The molecule has 0 bridgehead atoms. The van der Waals surface area contributed by atoms with Crippen molar-refractivity contribution in [3.8, 4) is 0 Å². The lowest BCUT2D eigenvalue weighted by Gasteiger charge is -2.32. The van der Waals surface area contributed by atoms with E-state index in [-0.39, 0.29) is 10.8 Å². The lowest BCUT2D eigenvalue weighted by molar-refractivity contribution is 0.671. The van der Waals surface area contributed by atoms with Crippen molar-refractivity contribution in [3.05, 3.63) is 67.9 Å². The fourth-order valence-electron chi connectivity index (χ4n) is 4.15. The van der Waals surface area contributed by atoms with Gasteiger partial charge < -0.3 is 0 Å². The van der Waals surface area contributed by atoms with Crippen LogP contribution in [0.2, 0.25) is 0 Å². The lowest BCUT2D eigenvalue weighted by Crippen LogP contribution is -2.34. The van der Waals surface area contributed by atoms with E-state index in [1.807, 2.05) is 0 Å². The summed E-state index contributed by atoms with van der Waals surface area (Å²) in [5, 5.41) is 5.75. The lowest BCUT2D eigenvalue weighted by atomic mass is 9.72. The summed E-state index contributed by atoms with van der Waals surface area (Å²) in [6.45, 7) is 11.5. The predicted octanol–water partition coefficient (Wildman–Crippen LogP) is 3.43. The van der Waals surface area contributed by atoms with Crippen molar-refractivity contribution in [2.45, 2.75) is 45.4 Å². The summed E-state index contributed by atoms with van der Waals surface area (Å²) in [5.41, 5.74) is 4.49. The maximum Gasteiger partial charge on any atom is 0.00909 e. The second-order valence-corrected chi connectivity index (χ2v) is 7.78. The normalized spacial score (nSPS) is 19.3. The first-order valence-corrected chi connectivity index (χ1v) is 7.80. The second kappa shape index (κ2) is 3.68. The Labute approximate surface area is 126 Å². The van der Waals surface area contributed by atoms with E-state index >= 15 is 0 Å². The van der Waals surface area contributed by atoms with Crippen molar-refractivity contribution in [1.82, 2.24) is 0 Å². The molecule has 106 valence electrons. The fraction of sp³-hybridized carbons (Fsp3) is 0.333. The topological polar surface area (TPSA) is 0 Å². The van der Waals surface area contributed by atoms with Crippen LogP contribution in [0.25, 0.3) is 12.2 Å². The molecular weight excluding hydrogens is 252 g/mol. The number of hydrogen-bond donors (Lipinski definition) is 0. The first-order valence-electron chi connectivity index (χ1n) is 7.80. The summed E-state index contributed by atoms with van der Waals surface area (Å²) in [5.74, 6) is 0. The average molecular weight is 274 g/mol. The van der Waals surface area contributed by atoms with Gasteiger partial charge in [0, 0.05) is 10.8 Å². The molecule has 0 unspecified atom stereocenters. The molecule has 2 aliphatic carbocycles. The zero-order valence-corrected chi connectivity index (χ0v) is 13.5. The predicted molar refractivity (Wildman–Crippen MR) is 89.5 cm³/mol. The molecule has 0 aromatic heterocycles. The molecule has 0 amide bonds. The molecule has 0 saturated carbocycles. The van der Waals surface area contributed by atoms with E-state index in [1.165, 1.54) is 37.6 Å². The van der Waals surface area contributed by atoms with Crippen molar-refractivity contribution >= 4 is 12.2 Å². The molecule has 0 nitrogen and oxygen atoms in total. The number of benzene rings is 2. The quantitative estimate of drug-likeness (QED) is 0.690. The smallest absolute Gasteiger partial charge is 0.00909 e. The van der Waals surface area contributed by atoms with Gasteiger partial charge in [0.15, 0.2) is 0 Å². The van der Waals surface area contributed by atoms with Crippen molar-refractivity contribution in [2.24, 2.45) is 0 Å². The molecule has 0 radical (unpaired) electrons. The molecule has 0 fully saturated rings. The molecule has 0 N–H and O–H groups in total. The Bertz CT molecular complexity index is 986. The van der Waals surface area contributed by atoms with Crippen LogP contribution in [0, 0.1) is 17.4 Å². The van der Waals surface area contributed by atoms with Crippen LogP contribution in [0.1, 0.15) is 44.4 Å². The summed E-state index contributed by atoms with van der Waals surface area (Å²) in [6.07, 6.45) is 4.89. The van der Waals surface area contributed by atoms with Crippen molar-refractivity contribution < 1.29 is 0 Å². The third-order valence-corrected chi connectivity index (χ3v) is 5.08. The Hall–Kier alpha value is -1.82. The first kappa shape index (κ1) is 12.9. The van der Waals surface area contributed by atoms with E-state index in [2.05, 4.69) is 77.1 Å². The van der Waals surface area contributed by atoms with E-state index in [0.717, 1.165) is 0 Å². The zero-order valence-electron chi connectivity index (χ0n) is 13.5. The van der Waals surface area contributed by atoms with Gasteiger partial charge in [0.2, 0.25) is 0 Å². The van der Waals surface area contributed by atoms with Crippen LogP contribution >= 0.6 is 0 Å². The van der Waals surface area contributed by atoms with Crippen molar-refractivity contribution in [1.29, 1.82) is 0 Å². The van der Waals surface area contributed by atoms with Gasteiger partial charge in [-0.15, -0.1) is 0 Å². The number of rotatable bonds is 0. The summed E-state index contributed by atoms with van der Waals surface area (Å²) >= 11 is 0. The van der Waals surface area contributed by atoms with Gasteiger partial charge in [-0.05, 0) is 38.9 Å². The van der Waals surface area contributed by atoms with Crippen LogP contribution in [-0.2, 0) is 10.8 Å². The van der Waals surface area contributed by atoms with Crippen LogP contribution < -0.4 is 10.4 Å². The van der Waals surface area contributed by atoms with Crippen LogP contribution in [0.15, 0.2) is 30.3 Å². The van der Waals surface area contributed by atoms with Gasteiger partial charge in [0.1, 0.15) is 0 Å². The zero-order chi connectivity index (χ0) is 15.0. The molecule has 21 heavy (non-hydrogen) atoms. The highest BCUT2D eigenvalue weighted by molar-refractivity contribution is 5.59. The van der Waals surface area contributed by atoms with Crippen LogP contribution in [0.4, 0.5) is 0 Å². The standard InChI is InChI=1S/C21H22/c1-13-9-15-12-20(2,3)16-8-6-7-14-11-21(4,5)17(10-13)19(15)18(14)16/h6-12H,1-5H3. The largest absolute Gasteiger partial charge is 0.0666 e. The molecule has 0 heteroatoms. The third kappa shape index (κ3) is 1.62. The summed E-state index contributed by atoms with van der Waals surface area (Å²) < 4.78 is 0. The van der Waals surface area contributed by atoms with Crippen LogP contribution in [0.5, 0.6) is 0 Å². The molecule has 2 aliphatic rings. The van der Waals surface area contributed by atoms with Gasteiger partial charge >= 0.3 is 0 Å². The highest BCUT2D eigenvalue weighted by Crippen LogP contribution is 2.33. The Morgan fingerprint density at radius 2 is 1.33 bits per heavy atom. The molecule has 0 saturated heterocycles. The molecule has 0 atom stereocenters. The average Bonchev–Trinajstić information content (AvgIpc) is 2.36. The summed E-state index contributed by atoms with van der Waals surface area (Å²) in [6, 6.07) is 11.5. The van der Waals surface area contributed by atoms with Crippen molar-refractivity contribution in [2.75, 3.05) is 0 Å². The summed E-state index contributed by atoms with van der Waals surface area (Å²) in [7, 11) is 0. The highest BCUT2D eigenvalue weighted by Gasteiger charge is 2.29.